The lowest BCUT2D eigenvalue weighted by molar-refractivity contribution is 0.356. The van der Waals surface area contributed by atoms with Crippen LogP contribution >= 0.6 is 0 Å². The van der Waals surface area contributed by atoms with Crippen LogP contribution in [0.15, 0.2) is 21.6 Å². The molecule has 0 aliphatic rings. The number of nitrogens with zero attached hydrogens (tertiary/aromatic N) is 1. The third kappa shape index (κ3) is 4.12. The summed E-state index contributed by atoms with van der Waals surface area (Å²) in [4.78, 5) is 2.01. The number of furan rings is 1. The second-order valence-electron chi connectivity index (χ2n) is 3.72. The molecule has 7 heteroatoms. The summed E-state index contributed by atoms with van der Waals surface area (Å²) >= 11 is 0. The van der Waals surface area contributed by atoms with Crippen molar-refractivity contribution < 1.29 is 12.8 Å². The van der Waals surface area contributed by atoms with E-state index in [9.17, 15) is 8.42 Å². The highest BCUT2D eigenvalue weighted by molar-refractivity contribution is 7.89. The molecule has 1 rings (SSSR count). The minimum Gasteiger partial charge on any atom is -0.447 e. The van der Waals surface area contributed by atoms with E-state index >= 15 is 0 Å². The lowest BCUT2D eigenvalue weighted by atomic mass is 10.5. The summed E-state index contributed by atoms with van der Waals surface area (Å²) in [6.07, 6.45) is 0. The first kappa shape index (κ1) is 14.2. The van der Waals surface area contributed by atoms with E-state index in [2.05, 4.69) is 4.72 Å². The number of nitrogens with one attached hydrogen (secondary N) is 1. The molecule has 17 heavy (non-hydrogen) atoms. The Bertz CT molecular complexity index is 441. The smallest absolute Gasteiger partial charge is 0.274 e. The molecule has 0 aromatic carbocycles. The van der Waals surface area contributed by atoms with Crippen LogP contribution in [0.1, 0.15) is 12.7 Å². The SMILES string of the molecule is CCN(C)CCNS(=O)(=O)c1ccc(CN)o1. The molecule has 98 valence electrons. The number of hydrogen-bond donors (Lipinski definition) is 2. The summed E-state index contributed by atoms with van der Waals surface area (Å²) < 4.78 is 31.1. The molecule has 0 amide bonds. The van der Waals surface area contributed by atoms with Crippen LogP contribution in [-0.2, 0) is 16.6 Å². The van der Waals surface area contributed by atoms with E-state index < -0.39 is 10.0 Å². The molecule has 0 spiro atoms. The van der Waals surface area contributed by atoms with Crippen molar-refractivity contribution >= 4 is 10.0 Å². The molecule has 6 nitrogen and oxygen atoms in total. The number of sulfonamides is 1. The minimum atomic E-state index is -3.55. The summed E-state index contributed by atoms with van der Waals surface area (Å²) in [6.45, 7) is 4.08. The Morgan fingerprint density at radius 2 is 2.18 bits per heavy atom. The molecule has 0 atom stereocenters. The van der Waals surface area contributed by atoms with E-state index in [4.69, 9.17) is 10.2 Å². The normalized spacial score (nSPS) is 12.2. The van der Waals surface area contributed by atoms with E-state index in [1.165, 1.54) is 6.07 Å². The van der Waals surface area contributed by atoms with Crippen molar-refractivity contribution in [2.24, 2.45) is 5.73 Å². The van der Waals surface area contributed by atoms with Gasteiger partial charge in [0, 0.05) is 13.1 Å². The fourth-order valence-corrected chi connectivity index (χ4v) is 2.18. The van der Waals surface area contributed by atoms with Crippen LogP contribution in [0.25, 0.3) is 0 Å². The zero-order valence-corrected chi connectivity index (χ0v) is 11.0. The third-order valence-corrected chi connectivity index (χ3v) is 3.76. The summed E-state index contributed by atoms with van der Waals surface area (Å²) in [5, 5.41) is -0.0860. The average Bonchev–Trinajstić information content (AvgIpc) is 2.77. The predicted molar refractivity (Wildman–Crippen MR) is 65.0 cm³/mol. The van der Waals surface area contributed by atoms with E-state index in [0.29, 0.717) is 18.8 Å². The van der Waals surface area contributed by atoms with Gasteiger partial charge in [-0.2, -0.15) is 0 Å². The molecule has 0 saturated carbocycles. The first-order valence-electron chi connectivity index (χ1n) is 5.46. The van der Waals surface area contributed by atoms with Crippen molar-refractivity contribution in [3.8, 4) is 0 Å². The summed E-state index contributed by atoms with van der Waals surface area (Å²) in [5.41, 5.74) is 5.35. The Morgan fingerprint density at radius 3 is 2.71 bits per heavy atom. The highest BCUT2D eigenvalue weighted by Gasteiger charge is 2.17. The molecule has 0 aliphatic carbocycles. The summed E-state index contributed by atoms with van der Waals surface area (Å²) in [6, 6.07) is 2.97. The van der Waals surface area contributed by atoms with Crippen LogP contribution in [0.5, 0.6) is 0 Å². The Labute approximate surface area is 102 Å². The van der Waals surface area contributed by atoms with Crippen LogP contribution in [0.2, 0.25) is 0 Å². The van der Waals surface area contributed by atoms with E-state index in [-0.39, 0.29) is 11.6 Å². The van der Waals surface area contributed by atoms with Gasteiger partial charge in [0.05, 0.1) is 6.54 Å². The molecule has 0 radical (unpaired) electrons. The van der Waals surface area contributed by atoms with Gasteiger partial charge in [-0.3, -0.25) is 0 Å². The second kappa shape index (κ2) is 6.15. The van der Waals surface area contributed by atoms with E-state index in [0.717, 1.165) is 6.54 Å². The van der Waals surface area contributed by atoms with Crippen molar-refractivity contribution in [1.29, 1.82) is 0 Å². The topological polar surface area (TPSA) is 88.6 Å². The number of hydrogen-bond acceptors (Lipinski definition) is 5. The maximum atomic E-state index is 11.8. The highest BCUT2D eigenvalue weighted by atomic mass is 32.2. The number of likely N-dealkylation sites (N-methyl/N-ethyl adjacent to an activating group) is 1. The first-order valence-corrected chi connectivity index (χ1v) is 6.95. The van der Waals surface area contributed by atoms with Gasteiger partial charge in [-0.15, -0.1) is 0 Å². The molecule has 1 heterocycles. The van der Waals surface area contributed by atoms with Crippen molar-refractivity contribution in [3.05, 3.63) is 17.9 Å². The van der Waals surface area contributed by atoms with Crippen molar-refractivity contribution in [3.63, 3.8) is 0 Å². The zero-order valence-electron chi connectivity index (χ0n) is 10.1. The fourth-order valence-electron chi connectivity index (χ4n) is 1.21. The van der Waals surface area contributed by atoms with Gasteiger partial charge in [0.1, 0.15) is 5.76 Å². The standard InChI is InChI=1S/C10H19N3O3S/c1-3-13(2)7-6-12-17(14,15)10-5-4-9(8-11)16-10/h4-5,12H,3,6-8,11H2,1-2H3. The highest BCUT2D eigenvalue weighted by Crippen LogP contribution is 2.12. The van der Waals surface area contributed by atoms with Crippen molar-refractivity contribution in [1.82, 2.24) is 9.62 Å². The molecule has 0 fully saturated rings. The van der Waals surface area contributed by atoms with Crippen LogP contribution in [0.4, 0.5) is 0 Å². The third-order valence-electron chi connectivity index (χ3n) is 2.43. The molecular weight excluding hydrogens is 242 g/mol. The Balaban J connectivity index is 2.56. The number of rotatable bonds is 7. The lowest BCUT2D eigenvalue weighted by Crippen LogP contribution is -2.32. The predicted octanol–water partition coefficient (Wildman–Crippen LogP) is -0.0317. The Hall–Kier alpha value is -0.890. The van der Waals surface area contributed by atoms with Crippen molar-refractivity contribution in [2.75, 3.05) is 26.7 Å². The molecule has 1 aromatic heterocycles. The van der Waals surface area contributed by atoms with Gasteiger partial charge in [0.25, 0.3) is 10.0 Å². The molecule has 0 bridgehead atoms. The Kier molecular flexibility index (Phi) is 5.13. The van der Waals surface area contributed by atoms with Gasteiger partial charge in [-0.1, -0.05) is 6.92 Å². The first-order chi connectivity index (χ1) is 7.99. The summed E-state index contributed by atoms with van der Waals surface area (Å²) in [7, 11) is -1.63. The maximum Gasteiger partial charge on any atom is 0.274 e. The van der Waals surface area contributed by atoms with Gasteiger partial charge in [-0.05, 0) is 25.7 Å². The van der Waals surface area contributed by atoms with Crippen LogP contribution in [0.3, 0.4) is 0 Å². The molecule has 0 saturated heterocycles. The van der Waals surface area contributed by atoms with Gasteiger partial charge < -0.3 is 15.1 Å². The molecule has 0 aliphatic heterocycles. The van der Waals surface area contributed by atoms with Gasteiger partial charge in [0.2, 0.25) is 5.09 Å². The molecule has 1 aromatic rings. The van der Waals surface area contributed by atoms with Gasteiger partial charge in [0.15, 0.2) is 0 Å². The van der Waals surface area contributed by atoms with Crippen LogP contribution in [0, 0.1) is 0 Å². The average molecular weight is 261 g/mol. The Morgan fingerprint density at radius 1 is 1.47 bits per heavy atom. The maximum absolute atomic E-state index is 11.8. The van der Waals surface area contributed by atoms with Gasteiger partial charge >= 0.3 is 0 Å². The monoisotopic (exact) mass is 261 g/mol. The van der Waals surface area contributed by atoms with E-state index in [1.54, 1.807) is 6.07 Å². The number of nitrogens with two attached hydrogens (primary N) is 1. The van der Waals surface area contributed by atoms with E-state index in [1.807, 2.05) is 18.9 Å². The summed E-state index contributed by atoms with van der Waals surface area (Å²) in [5.74, 6) is 0.455. The molecule has 3 N–H and O–H groups in total. The van der Waals surface area contributed by atoms with Crippen LogP contribution < -0.4 is 10.5 Å². The second-order valence-corrected chi connectivity index (χ2v) is 5.42. The molecular formula is C10H19N3O3S. The molecule has 0 unspecified atom stereocenters. The van der Waals surface area contributed by atoms with Crippen molar-refractivity contribution in [2.45, 2.75) is 18.6 Å². The van der Waals surface area contributed by atoms with Crippen LogP contribution in [-0.4, -0.2) is 40.0 Å². The fraction of sp³-hybridized carbons (Fsp3) is 0.600. The zero-order chi connectivity index (χ0) is 12.9. The van der Waals surface area contributed by atoms with Gasteiger partial charge in [-0.25, -0.2) is 13.1 Å². The minimum absolute atomic E-state index is 0.0860. The quantitative estimate of drug-likeness (QED) is 0.719. The largest absolute Gasteiger partial charge is 0.447 e. The lowest BCUT2D eigenvalue weighted by Gasteiger charge is -2.13.